The summed E-state index contributed by atoms with van der Waals surface area (Å²) in [6, 6.07) is 8.69. The first-order chi connectivity index (χ1) is 15.3. The molecule has 0 amide bonds. The number of carboxylic acid groups (broad SMARTS) is 1. The Morgan fingerprint density at radius 2 is 2.14 bits per heavy atom. The molecule has 2 aromatic carbocycles. The van der Waals surface area contributed by atoms with Crippen LogP contribution in [0, 0.1) is 6.92 Å². The lowest BCUT2D eigenvalue weighted by Crippen LogP contribution is -2.28. The van der Waals surface area contributed by atoms with Gasteiger partial charge in [-0.2, -0.15) is 0 Å². The van der Waals surface area contributed by atoms with E-state index in [9.17, 15) is 9.90 Å². The minimum absolute atomic E-state index is 0.203. The Morgan fingerprint density at radius 3 is 2.83 bits per heavy atom. The number of aryl methyl sites for hydroxylation is 1. The Bertz CT molecular complexity index is 1110. The van der Waals surface area contributed by atoms with Gasteiger partial charge in [-0.3, -0.25) is 4.79 Å². The predicted molar refractivity (Wildman–Crippen MR) is 117 cm³/mol. The highest BCUT2D eigenvalue weighted by atomic mass is 16.5. The second-order valence-electron chi connectivity index (χ2n) is 7.48. The van der Waals surface area contributed by atoms with Gasteiger partial charge in [0, 0.05) is 21.3 Å². The summed E-state index contributed by atoms with van der Waals surface area (Å²) in [5.41, 5.74) is 3.79. The number of carboxylic acids is 1. The number of carbonyl (C=O) groups is 1. The largest absolute Gasteiger partial charge is 0.485 e. The Morgan fingerprint density at radius 1 is 1.38 bits per heavy atom. The van der Waals surface area contributed by atoms with E-state index in [1.165, 1.54) is 6.92 Å². The van der Waals surface area contributed by atoms with Crippen molar-refractivity contribution in [2.75, 3.05) is 13.6 Å². The third kappa shape index (κ3) is 4.70. The van der Waals surface area contributed by atoms with E-state index in [4.69, 9.17) is 10.2 Å². The molecule has 0 fully saturated rings. The van der Waals surface area contributed by atoms with Crippen molar-refractivity contribution in [3.8, 4) is 5.75 Å². The van der Waals surface area contributed by atoms with E-state index in [0.717, 1.165) is 11.1 Å². The molecule has 1 aliphatic heterocycles. The van der Waals surface area contributed by atoms with Gasteiger partial charge < -0.3 is 14.7 Å². The number of benzene rings is 2. The van der Waals surface area contributed by atoms with E-state index in [-0.39, 0.29) is 18.6 Å². The maximum atomic E-state index is 11.3. The highest BCUT2D eigenvalue weighted by molar-refractivity contribution is 5.86. The number of hydrogen-bond acceptors (Lipinski definition) is 3. The van der Waals surface area contributed by atoms with Crippen LogP contribution >= 0.6 is 0 Å². The van der Waals surface area contributed by atoms with E-state index in [2.05, 4.69) is 0 Å². The smallest absolute Gasteiger partial charge is 0.307 e. The van der Waals surface area contributed by atoms with Crippen LogP contribution in [0.15, 0.2) is 42.5 Å². The summed E-state index contributed by atoms with van der Waals surface area (Å²) in [5, 5.41) is 9.29. The molecular weight excluding hydrogens is 362 g/mol. The fourth-order valence-electron chi connectivity index (χ4n) is 3.43. The van der Waals surface area contributed by atoms with Gasteiger partial charge in [0.05, 0.1) is 7.79 Å². The third-order valence-corrected chi connectivity index (χ3v) is 5.30. The third-order valence-electron chi connectivity index (χ3n) is 5.30. The molecule has 2 atom stereocenters. The van der Waals surface area contributed by atoms with E-state index in [0.29, 0.717) is 34.6 Å². The summed E-state index contributed by atoms with van der Waals surface area (Å²) in [5.74, 6) is -0.527. The van der Waals surface area contributed by atoms with Gasteiger partial charge in [-0.25, -0.2) is 0 Å². The minimum atomic E-state index is -2.34. The zero-order valence-corrected chi connectivity index (χ0v) is 17.7. The van der Waals surface area contributed by atoms with Crippen molar-refractivity contribution >= 4 is 11.5 Å². The second-order valence-corrected chi connectivity index (χ2v) is 7.48. The van der Waals surface area contributed by atoms with Gasteiger partial charge in [-0.05, 0) is 69.6 Å². The van der Waals surface area contributed by atoms with Crippen molar-refractivity contribution in [1.82, 2.24) is 4.90 Å². The number of aliphatic carboxylic acids is 1. The van der Waals surface area contributed by atoms with E-state index < -0.39 is 18.4 Å². The lowest BCUT2D eigenvalue weighted by Gasteiger charge is -2.22. The summed E-state index contributed by atoms with van der Waals surface area (Å²) in [6.07, 6.45) is -2.91. The zero-order valence-electron chi connectivity index (χ0n) is 21.7. The van der Waals surface area contributed by atoms with Crippen molar-refractivity contribution in [2.45, 2.75) is 52.6 Å². The average molecular weight is 398 g/mol. The first kappa shape index (κ1) is 16.2. The maximum Gasteiger partial charge on any atom is 0.307 e. The van der Waals surface area contributed by atoms with Crippen molar-refractivity contribution in [3.05, 3.63) is 70.3 Å². The van der Waals surface area contributed by atoms with Crippen LogP contribution in [0.3, 0.4) is 0 Å². The SMILES string of the molecule is [2H]/C(=C1/c2cc(CC(=O)O)ccc2OC(C)c2cc(C)ccc21)C([2H])([2H])C([2H])(C)N(C)CC. The molecule has 0 saturated carbocycles. The minimum Gasteiger partial charge on any atom is -0.485 e. The molecule has 3 rings (SSSR count). The molecule has 0 aliphatic carbocycles. The van der Waals surface area contributed by atoms with Gasteiger partial charge in [0.2, 0.25) is 0 Å². The van der Waals surface area contributed by atoms with Gasteiger partial charge in [-0.1, -0.05) is 42.8 Å². The van der Waals surface area contributed by atoms with Crippen LogP contribution in [0.1, 0.15) is 66.5 Å². The number of hydrogen-bond donors (Lipinski definition) is 1. The molecule has 0 radical (unpaired) electrons. The van der Waals surface area contributed by atoms with Crippen molar-refractivity contribution in [1.29, 1.82) is 0 Å². The Labute approximate surface area is 179 Å². The molecule has 0 bridgehead atoms. The zero-order chi connectivity index (χ0) is 24.7. The summed E-state index contributed by atoms with van der Waals surface area (Å²) < 4.78 is 41.8. The lowest BCUT2D eigenvalue weighted by atomic mass is 9.89. The number of nitrogens with zero attached hydrogens (tertiary/aromatic N) is 1. The molecule has 154 valence electrons. The molecule has 4 nitrogen and oxygen atoms in total. The Hall–Kier alpha value is -2.59. The molecule has 0 spiro atoms. The Kier molecular flexibility index (Phi) is 4.94. The van der Waals surface area contributed by atoms with Crippen LogP contribution < -0.4 is 4.74 Å². The van der Waals surface area contributed by atoms with Crippen LogP contribution in [0.2, 0.25) is 0 Å². The molecular formula is C25H31NO3. The standard InChI is InChI=1S/C25H31NO3/c1-6-26(5)17(3)8-11-21-20-10-7-16(2)13-22(20)18(4)29-24-12-9-19(14-23(21)24)15-25(27)28/h7,9-14,17-18H,6,8,15H2,1-5H3,(H,27,28)/b21-11-/i8D2,11D,17D. The maximum absolute atomic E-state index is 11.3. The highest BCUT2D eigenvalue weighted by Gasteiger charge is 2.24. The number of rotatable bonds is 6. The summed E-state index contributed by atoms with van der Waals surface area (Å²) in [4.78, 5) is 12.9. The molecule has 0 saturated heterocycles. The first-order valence-corrected chi connectivity index (χ1v) is 9.86. The molecule has 1 heterocycles. The van der Waals surface area contributed by atoms with Gasteiger partial charge in [0.25, 0.3) is 0 Å². The molecule has 4 heteroatoms. The van der Waals surface area contributed by atoms with Crippen molar-refractivity contribution in [3.63, 3.8) is 0 Å². The fraction of sp³-hybridized carbons (Fsp3) is 0.400. The molecule has 0 aromatic heterocycles. The quantitative estimate of drug-likeness (QED) is 0.724. The first-order valence-electron chi connectivity index (χ1n) is 11.9. The molecule has 2 unspecified atom stereocenters. The summed E-state index contributed by atoms with van der Waals surface area (Å²) in [7, 11) is 1.66. The van der Waals surface area contributed by atoms with Gasteiger partial charge in [0.1, 0.15) is 11.9 Å². The van der Waals surface area contributed by atoms with Crippen molar-refractivity contribution < 1.29 is 20.1 Å². The van der Waals surface area contributed by atoms with Crippen LogP contribution in [-0.2, 0) is 11.2 Å². The topological polar surface area (TPSA) is 49.8 Å². The number of ether oxygens (including phenoxy) is 1. The van der Waals surface area contributed by atoms with Crippen LogP contribution in [0.25, 0.3) is 5.57 Å². The molecule has 1 N–H and O–H groups in total. The summed E-state index contributed by atoms with van der Waals surface area (Å²) in [6.45, 7) is 7.61. The Balaban J connectivity index is 2.39. The van der Waals surface area contributed by atoms with Gasteiger partial charge in [0.15, 0.2) is 0 Å². The molecule has 2 aromatic rings. The normalized spacial score (nSPS) is 21.9. The van der Waals surface area contributed by atoms with Crippen LogP contribution in [0.4, 0.5) is 0 Å². The van der Waals surface area contributed by atoms with Crippen LogP contribution in [-0.4, -0.2) is 35.6 Å². The molecule has 29 heavy (non-hydrogen) atoms. The second kappa shape index (κ2) is 8.83. The van der Waals surface area contributed by atoms with E-state index in [1.54, 1.807) is 30.1 Å². The molecule has 1 aliphatic rings. The highest BCUT2D eigenvalue weighted by Crippen LogP contribution is 2.41. The van der Waals surface area contributed by atoms with E-state index in [1.807, 2.05) is 39.0 Å². The fourth-order valence-corrected chi connectivity index (χ4v) is 3.43. The lowest BCUT2D eigenvalue weighted by molar-refractivity contribution is -0.136. The number of fused-ring (bicyclic) bond motifs is 2. The van der Waals surface area contributed by atoms with E-state index >= 15 is 0 Å². The van der Waals surface area contributed by atoms with Crippen LogP contribution in [0.5, 0.6) is 5.75 Å². The van der Waals surface area contributed by atoms with Crippen molar-refractivity contribution in [2.24, 2.45) is 0 Å². The summed E-state index contributed by atoms with van der Waals surface area (Å²) >= 11 is 0. The van der Waals surface area contributed by atoms with Gasteiger partial charge >= 0.3 is 5.97 Å². The average Bonchev–Trinajstić information content (AvgIpc) is 2.85. The van der Waals surface area contributed by atoms with Gasteiger partial charge in [-0.15, -0.1) is 0 Å². The monoisotopic (exact) mass is 397 g/mol. The predicted octanol–water partition coefficient (Wildman–Crippen LogP) is 5.24.